The van der Waals surface area contributed by atoms with Gasteiger partial charge in [0.2, 0.25) is 15.9 Å². The van der Waals surface area contributed by atoms with Gasteiger partial charge >= 0.3 is 0 Å². The molecule has 0 unspecified atom stereocenters. The quantitative estimate of drug-likeness (QED) is 0.742. The Morgan fingerprint density at radius 3 is 2.46 bits per heavy atom. The largest absolute Gasteiger partial charge is 0.495 e. The van der Waals surface area contributed by atoms with Gasteiger partial charge in [0.15, 0.2) is 0 Å². The molecule has 0 aliphatic rings. The van der Waals surface area contributed by atoms with Crippen molar-refractivity contribution in [3.63, 3.8) is 0 Å². The molecule has 140 valence electrons. The average molecular weight is 376 g/mol. The highest BCUT2D eigenvalue weighted by Crippen LogP contribution is 2.27. The van der Waals surface area contributed by atoms with Gasteiger partial charge < -0.3 is 10.1 Å². The minimum Gasteiger partial charge on any atom is -0.495 e. The van der Waals surface area contributed by atoms with E-state index < -0.39 is 10.0 Å². The van der Waals surface area contributed by atoms with Crippen molar-refractivity contribution in [3.05, 3.63) is 54.1 Å². The minimum absolute atomic E-state index is 0.0926. The number of aryl methyl sites for hydroxylation is 1. The maximum absolute atomic E-state index is 12.6. The van der Waals surface area contributed by atoms with Gasteiger partial charge in [0.25, 0.3) is 0 Å². The third kappa shape index (κ3) is 5.57. The molecular weight excluding hydrogens is 352 g/mol. The van der Waals surface area contributed by atoms with Crippen LogP contribution in [0.2, 0.25) is 0 Å². The van der Waals surface area contributed by atoms with E-state index in [-0.39, 0.29) is 16.8 Å². The maximum atomic E-state index is 12.6. The number of amides is 1. The van der Waals surface area contributed by atoms with E-state index in [0.717, 1.165) is 6.42 Å². The van der Waals surface area contributed by atoms with Crippen molar-refractivity contribution in [2.24, 2.45) is 0 Å². The zero-order chi connectivity index (χ0) is 19.2. The Bertz CT molecular complexity index is 851. The number of hydrogen-bond acceptors (Lipinski definition) is 4. The second kappa shape index (κ2) is 8.82. The monoisotopic (exact) mass is 376 g/mol. The van der Waals surface area contributed by atoms with Crippen molar-refractivity contribution < 1.29 is 17.9 Å². The molecule has 0 aliphatic heterocycles. The molecule has 2 rings (SSSR count). The summed E-state index contributed by atoms with van der Waals surface area (Å²) in [4.78, 5) is 11.3. The van der Waals surface area contributed by atoms with E-state index in [1.54, 1.807) is 0 Å². The summed E-state index contributed by atoms with van der Waals surface area (Å²) < 4.78 is 33.1. The van der Waals surface area contributed by atoms with E-state index in [0.29, 0.717) is 17.9 Å². The third-order valence-corrected chi connectivity index (χ3v) is 5.45. The smallest absolute Gasteiger partial charge is 0.240 e. The fourth-order valence-electron chi connectivity index (χ4n) is 2.55. The topological polar surface area (TPSA) is 84.5 Å². The Kier molecular flexibility index (Phi) is 6.76. The van der Waals surface area contributed by atoms with Crippen molar-refractivity contribution in [3.8, 4) is 5.75 Å². The Labute approximate surface area is 154 Å². The van der Waals surface area contributed by atoms with Crippen molar-refractivity contribution in [2.45, 2.75) is 37.6 Å². The molecule has 0 aliphatic carbocycles. The second-order valence-corrected chi connectivity index (χ2v) is 7.80. The number of carbonyl (C=O) groups excluding carboxylic acids is 1. The van der Waals surface area contributed by atoms with Crippen LogP contribution in [0.25, 0.3) is 0 Å². The Morgan fingerprint density at radius 1 is 1.15 bits per heavy atom. The van der Waals surface area contributed by atoms with Gasteiger partial charge in [-0.3, -0.25) is 4.79 Å². The van der Waals surface area contributed by atoms with E-state index in [4.69, 9.17) is 4.74 Å². The van der Waals surface area contributed by atoms with Crippen LogP contribution in [-0.4, -0.2) is 27.5 Å². The number of ether oxygens (including phenoxy) is 1. The Balaban J connectivity index is 2.07. The second-order valence-electron chi connectivity index (χ2n) is 6.09. The zero-order valence-corrected chi connectivity index (χ0v) is 16.0. The lowest BCUT2D eigenvalue weighted by molar-refractivity contribution is -0.114. The predicted molar refractivity (Wildman–Crippen MR) is 102 cm³/mol. The molecular formula is C19H24N2O4S. The SMILES string of the molecule is COc1cc(S(=O)(=O)N[C@H](C)CCc2ccccc2)ccc1NC(C)=O. The Hall–Kier alpha value is -2.38. The minimum atomic E-state index is -3.68. The number of methoxy groups -OCH3 is 1. The zero-order valence-electron chi connectivity index (χ0n) is 15.2. The average Bonchev–Trinajstić information content (AvgIpc) is 2.60. The first-order valence-corrected chi connectivity index (χ1v) is 9.82. The van der Waals surface area contributed by atoms with Crippen molar-refractivity contribution in [1.82, 2.24) is 4.72 Å². The number of anilines is 1. The number of rotatable bonds is 8. The number of sulfonamides is 1. The van der Waals surface area contributed by atoms with Crippen LogP contribution >= 0.6 is 0 Å². The van der Waals surface area contributed by atoms with Gasteiger partial charge in [0, 0.05) is 19.0 Å². The van der Waals surface area contributed by atoms with Crippen LogP contribution in [-0.2, 0) is 21.2 Å². The molecule has 1 atom stereocenters. The van der Waals surface area contributed by atoms with Crippen molar-refractivity contribution >= 4 is 21.6 Å². The van der Waals surface area contributed by atoms with Crippen LogP contribution in [0.3, 0.4) is 0 Å². The molecule has 2 N–H and O–H groups in total. The van der Waals surface area contributed by atoms with E-state index in [1.807, 2.05) is 37.3 Å². The molecule has 0 heterocycles. The lowest BCUT2D eigenvalue weighted by atomic mass is 10.1. The van der Waals surface area contributed by atoms with E-state index >= 15 is 0 Å². The summed E-state index contributed by atoms with van der Waals surface area (Å²) in [6, 6.07) is 14.1. The van der Waals surface area contributed by atoms with Gasteiger partial charge in [-0.15, -0.1) is 0 Å². The van der Waals surface area contributed by atoms with Crippen molar-refractivity contribution in [1.29, 1.82) is 0 Å². The van der Waals surface area contributed by atoms with E-state index in [1.165, 1.54) is 37.8 Å². The molecule has 0 saturated carbocycles. The summed E-state index contributed by atoms with van der Waals surface area (Å²) in [5.74, 6) is 0.0339. The number of nitrogens with one attached hydrogen (secondary N) is 2. The van der Waals surface area contributed by atoms with Gasteiger partial charge in [-0.1, -0.05) is 30.3 Å². The summed E-state index contributed by atoms with van der Waals surface area (Å²) in [6.45, 7) is 3.21. The number of carbonyl (C=O) groups is 1. The molecule has 0 fully saturated rings. The molecule has 6 nitrogen and oxygen atoms in total. The maximum Gasteiger partial charge on any atom is 0.240 e. The van der Waals surface area contributed by atoms with Gasteiger partial charge in [-0.25, -0.2) is 13.1 Å². The van der Waals surface area contributed by atoms with Gasteiger partial charge in [0.1, 0.15) is 5.75 Å². The van der Waals surface area contributed by atoms with Crippen LogP contribution in [0.4, 0.5) is 5.69 Å². The lowest BCUT2D eigenvalue weighted by Crippen LogP contribution is -2.33. The summed E-state index contributed by atoms with van der Waals surface area (Å²) in [5.41, 5.74) is 1.59. The summed E-state index contributed by atoms with van der Waals surface area (Å²) in [5, 5.41) is 2.60. The molecule has 2 aromatic rings. The van der Waals surface area contributed by atoms with Crippen LogP contribution in [0.1, 0.15) is 25.8 Å². The summed E-state index contributed by atoms with van der Waals surface area (Å²) in [6.07, 6.45) is 1.47. The Morgan fingerprint density at radius 2 is 1.85 bits per heavy atom. The van der Waals surface area contributed by atoms with E-state index in [9.17, 15) is 13.2 Å². The molecule has 26 heavy (non-hydrogen) atoms. The molecule has 0 bridgehead atoms. The highest BCUT2D eigenvalue weighted by atomic mass is 32.2. The molecule has 0 spiro atoms. The molecule has 0 aromatic heterocycles. The van der Waals surface area contributed by atoms with Crippen LogP contribution in [0.15, 0.2) is 53.4 Å². The molecule has 2 aromatic carbocycles. The predicted octanol–water partition coefficient (Wildman–Crippen LogP) is 2.95. The normalized spacial score (nSPS) is 12.4. The highest BCUT2D eigenvalue weighted by molar-refractivity contribution is 7.89. The first kappa shape index (κ1) is 19.9. The molecule has 1 amide bonds. The first-order chi connectivity index (χ1) is 12.3. The fraction of sp³-hybridized carbons (Fsp3) is 0.316. The summed E-state index contributed by atoms with van der Waals surface area (Å²) >= 11 is 0. The highest BCUT2D eigenvalue weighted by Gasteiger charge is 2.19. The standard InChI is InChI=1S/C19H24N2O4S/c1-14(9-10-16-7-5-4-6-8-16)21-26(23,24)17-11-12-18(20-15(2)22)19(13-17)25-3/h4-8,11-14,21H,9-10H2,1-3H3,(H,20,22)/t14-/m1/s1. The summed E-state index contributed by atoms with van der Waals surface area (Å²) in [7, 11) is -2.26. The molecule has 7 heteroatoms. The van der Waals surface area contributed by atoms with E-state index in [2.05, 4.69) is 10.0 Å². The van der Waals surface area contributed by atoms with Gasteiger partial charge in [-0.2, -0.15) is 0 Å². The molecule has 0 radical (unpaired) electrons. The van der Waals surface area contributed by atoms with Crippen LogP contribution in [0.5, 0.6) is 5.75 Å². The lowest BCUT2D eigenvalue weighted by Gasteiger charge is -2.16. The third-order valence-electron chi connectivity index (χ3n) is 3.86. The van der Waals surface area contributed by atoms with Gasteiger partial charge in [-0.05, 0) is 37.5 Å². The first-order valence-electron chi connectivity index (χ1n) is 8.33. The van der Waals surface area contributed by atoms with Crippen LogP contribution in [0, 0.1) is 0 Å². The van der Waals surface area contributed by atoms with Crippen molar-refractivity contribution in [2.75, 3.05) is 12.4 Å². The number of hydrogen-bond donors (Lipinski definition) is 2. The van der Waals surface area contributed by atoms with Crippen LogP contribution < -0.4 is 14.8 Å². The number of benzene rings is 2. The molecule has 0 saturated heterocycles. The fourth-order valence-corrected chi connectivity index (χ4v) is 3.84. The van der Waals surface area contributed by atoms with Gasteiger partial charge in [0.05, 0.1) is 17.7 Å².